The van der Waals surface area contributed by atoms with Gasteiger partial charge in [0.2, 0.25) is 5.78 Å². The Bertz CT molecular complexity index is 1040. The zero-order chi connectivity index (χ0) is 19.1. The van der Waals surface area contributed by atoms with E-state index in [1.54, 1.807) is 6.26 Å². The summed E-state index contributed by atoms with van der Waals surface area (Å²) >= 11 is 0. The van der Waals surface area contributed by atoms with Crippen molar-refractivity contribution in [2.75, 3.05) is 6.61 Å². The van der Waals surface area contributed by atoms with Crippen molar-refractivity contribution >= 4 is 22.7 Å². The molecule has 0 saturated heterocycles. The molecule has 1 aromatic carbocycles. The number of nitrogens with zero attached hydrogens (tertiary/aromatic N) is 1. The highest BCUT2D eigenvalue weighted by molar-refractivity contribution is 5.99. The Balaban J connectivity index is 1.40. The number of rotatable bonds is 6. The average Bonchev–Trinajstić information content (AvgIpc) is 3.32. The molecule has 0 aliphatic heterocycles. The highest BCUT2D eigenvalue weighted by atomic mass is 16.5. The number of ether oxygens (including phenoxy) is 1. The molecule has 1 fully saturated rings. The predicted octanol–water partition coefficient (Wildman–Crippen LogP) is 4.46. The molecule has 1 aliphatic rings. The maximum absolute atomic E-state index is 12.5. The first-order valence-corrected chi connectivity index (χ1v) is 9.28. The van der Waals surface area contributed by atoms with E-state index in [4.69, 9.17) is 9.15 Å². The number of ketones is 1. The van der Waals surface area contributed by atoms with Gasteiger partial charge in [-0.25, -0.2) is 0 Å². The third-order valence-electron chi connectivity index (χ3n) is 5.21. The monoisotopic (exact) mass is 365 g/mol. The summed E-state index contributed by atoms with van der Waals surface area (Å²) in [6.07, 6.45) is 4.00. The van der Waals surface area contributed by atoms with Gasteiger partial charge in [0.25, 0.3) is 0 Å². The smallest absolute Gasteiger partial charge is 0.310 e. The maximum Gasteiger partial charge on any atom is 0.310 e. The van der Waals surface area contributed by atoms with E-state index >= 15 is 0 Å². The van der Waals surface area contributed by atoms with Crippen LogP contribution in [-0.2, 0) is 16.0 Å². The first-order valence-electron chi connectivity index (χ1n) is 9.28. The van der Waals surface area contributed by atoms with Crippen LogP contribution < -0.4 is 0 Å². The molecule has 0 spiro atoms. The number of Topliss-reactive ketones (excluding diaryl/α,β-unsaturated/α-hetero) is 1. The Hall–Kier alpha value is -2.82. The fraction of sp³-hybridized carbons (Fsp3) is 0.364. The molecule has 0 N–H and O–H groups in total. The number of hydrogen-bond acceptors (Lipinski definition) is 4. The minimum atomic E-state index is -0.428. The van der Waals surface area contributed by atoms with E-state index in [9.17, 15) is 9.59 Å². The summed E-state index contributed by atoms with van der Waals surface area (Å²) < 4.78 is 13.0. The topological polar surface area (TPSA) is 61.4 Å². The van der Waals surface area contributed by atoms with E-state index in [-0.39, 0.29) is 18.8 Å². The van der Waals surface area contributed by atoms with Gasteiger partial charge < -0.3 is 13.7 Å². The lowest BCUT2D eigenvalue weighted by molar-refractivity contribution is -0.141. The first kappa shape index (κ1) is 17.6. The molecule has 3 aromatic rings. The van der Waals surface area contributed by atoms with E-state index in [1.165, 1.54) is 0 Å². The number of fused-ring (bicyclic) bond motifs is 1. The maximum atomic E-state index is 12.5. The zero-order valence-electron chi connectivity index (χ0n) is 15.9. The fourth-order valence-electron chi connectivity index (χ4n) is 3.71. The van der Waals surface area contributed by atoms with E-state index in [0.717, 1.165) is 46.3 Å². The molecule has 0 bridgehead atoms. The van der Waals surface area contributed by atoms with Crippen LogP contribution in [0.5, 0.6) is 0 Å². The van der Waals surface area contributed by atoms with Crippen LogP contribution in [-0.4, -0.2) is 22.9 Å². The molecule has 4 rings (SSSR count). The van der Waals surface area contributed by atoms with Crippen molar-refractivity contribution in [1.82, 2.24) is 4.57 Å². The van der Waals surface area contributed by atoms with Crippen molar-refractivity contribution in [3.63, 3.8) is 0 Å². The minimum absolute atomic E-state index is 0.0877. The molecule has 0 atom stereocenters. The van der Waals surface area contributed by atoms with E-state index in [0.29, 0.717) is 11.6 Å². The molecule has 5 heteroatoms. The Morgan fingerprint density at radius 2 is 1.96 bits per heavy atom. The second-order valence-corrected chi connectivity index (χ2v) is 7.41. The molecule has 5 nitrogen and oxygen atoms in total. The van der Waals surface area contributed by atoms with Gasteiger partial charge in [0.05, 0.1) is 12.7 Å². The number of esters is 1. The van der Waals surface area contributed by atoms with Gasteiger partial charge in [0.1, 0.15) is 5.58 Å². The number of carbonyl (C=O) groups is 2. The van der Waals surface area contributed by atoms with E-state index < -0.39 is 5.97 Å². The van der Waals surface area contributed by atoms with Crippen molar-refractivity contribution in [2.45, 2.75) is 46.1 Å². The molecule has 0 radical (unpaired) electrons. The SMILES string of the molecule is Cc1ccc2c(CC(=O)OCC(=O)c3cc(C)n(C4CC4)c3C)coc2c1. The van der Waals surface area contributed by atoms with Gasteiger partial charge in [0, 0.05) is 33.9 Å². The average molecular weight is 365 g/mol. The highest BCUT2D eigenvalue weighted by Gasteiger charge is 2.28. The third-order valence-corrected chi connectivity index (χ3v) is 5.21. The summed E-state index contributed by atoms with van der Waals surface area (Å²) in [6, 6.07) is 8.27. The molecule has 140 valence electrons. The highest BCUT2D eigenvalue weighted by Crippen LogP contribution is 2.38. The number of aromatic nitrogens is 1. The molecular weight excluding hydrogens is 342 g/mol. The van der Waals surface area contributed by atoms with E-state index in [2.05, 4.69) is 4.57 Å². The quantitative estimate of drug-likeness (QED) is 0.478. The molecule has 1 aliphatic carbocycles. The van der Waals surface area contributed by atoms with Gasteiger partial charge in [-0.1, -0.05) is 12.1 Å². The third kappa shape index (κ3) is 3.42. The van der Waals surface area contributed by atoms with Crippen LogP contribution >= 0.6 is 0 Å². The Morgan fingerprint density at radius 3 is 2.70 bits per heavy atom. The number of carbonyl (C=O) groups excluding carboxylic acids is 2. The van der Waals surface area contributed by atoms with Gasteiger partial charge >= 0.3 is 5.97 Å². The number of hydrogen-bond donors (Lipinski definition) is 0. The van der Waals surface area contributed by atoms with Crippen LogP contribution in [0, 0.1) is 20.8 Å². The van der Waals surface area contributed by atoms with Crippen LogP contribution in [0.1, 0.15) is 51.8 Å². The van der Waals surface area contributed by atoms with Crippen LogP contribution in [0.3, 0.4) is 0 Å². The largest absolute Gasteiger partial charge is 0.464 e. The number of furan rings is 1. The Morgan fingerprint density at radius 1 is 1.19 bits per heavy atom. The summed E-state index contributed by atoms with van der Waals surface area (Å²) in [7, 11) is 0. The van der Waals surface area contributed by atoms with Crippen molar-refractivity contribution in [3.05, 3.63) is 58.6 Å². The summed E-state index contributed by atoms with van der Waals surface area (Å²) in [5, 5.41) is 0.900. The summed E-state index contributed by atoms with van der Waals surface area (Å²) in [5.74, 6) is -0.585. The van der Waals surface area contributed by atoms with Crippen molar-refractivity contribution in [3.8, 4) is 0 Å². The first-order chi connectivity index (χ1) is 12.9. The van der Waals surface area contributed by atoms with Gasteiger partial charge in [-0.2, -0.15) is 0 Å². The molecule has 1 saturated carbocycles. The molecule has 2 aromatic heterocycles. The fourth-order valence-corrected chi connectivity index (χ4v) is 3.71. The van der Waals surface area contributed by atoms with Gasteiger partial charge in [-0.15, -0.1) is 0 Å². The van der Waals surface area contributed by atoms with Gasteiger partial charge in [-0.3, -0.25) is 9.59 Å². The lowest BCUT2D eigenvalue weighted by Crippen LogP contribution is -2.16. The lowest BCUT2D eigenvalue weighted by Gasteiger charge is -2.08. The molecule has 0 amide bonds. The standard InChI is InChI=1S/C22H23NO4/c1-13-4-7-18-16(11-26-21(18)8-13)10-22(25)27-12-20(24)19-9-14(2)23(15(19)3)17-5-6-17/h4,7-9,11,17H,5-6,10,12H2,1-3H3. The second-order valence-electron chi connectivity index (χ2n) is 7.41. The normalized spacial score (nSPS) is 13.9. The summed E-state index contributed by atoms with van der Waals surface area (Å²) in [6.45, 7) is 5.73. The van der Waals surface area contributed by atoms with Crippen LogP contribution in [0.15, 0.2) is 34.9 Å². The Labute approximate surface area is 157 Å². The summed E-state index contributed by atoms with van der Waals surface area (Å²) in [5.41, 5.74) is 5.32. The van der Waals surface area contributed by atoms with Crippen LogP contribution in [0.25, 0.3) is 11.0 Å². The molecular formula is C22H23NO4. The molecule has 27 heavy (non-hydrogen) atoms. The Kier molecular flexibility index (Phi) is 4.38. The van der Waals surface area contributed by atoms with E-state index in [1.807, 2.05) is 45.0 Å². The van der Waals surface area contributed by atoms with Gasteiger partial charge in [0.15, 0.2) is 6.61 Å². The van der Waals surface area contributed by atoms with Crippen LogP contribution in [0.4, 0.5) is 0 Å². The zero-order valence-corrected chi connectivity index (χ0v) is 15.9. The lowest BCUT2D eigenvalue weighted by atomic mass is 10.1. The number of benzene rings is 1. The predicted molar refractivity (Wildman–Crippen MR) is 102 cm³/mol. The van der Waals surface area contributed by atoms with Crippen molar-refractivity contribution < 1.29 is 18.7 Å². The number of aryl methyl sites for hydroxylation is 2. The van der Waals surface area contributed by atoms with Crippen molar-refractivity contribution in [1.29, 1.82) is 0 Å². The molecule has 2 heterocycles. The summed E-state index contributed by atoms with van der Waals surface area (Å²) in [4.78, 5) is 24.7. The van der Waals surface area contributed by atoms with Crippen LogP contribution in [0.2, 0.25) is 0 Å². The van der Waals surface area contributed by atoms with Crippen molar-refractivity contribution in [2.24, 2.45) is 0 Å². The molecule has 0 unspecified atom stereocenters. The van der Waals surface area contributed by atoms with Gasteiger partial charge in [-0.05, 0) is 51.3 Å². The minimum Gasteiger partial charge on any atom is -0.464 e. The second kappa shape index (κ2) is 6.72.